The van der Waals surface area contributed by atoms with E-state index in [0.717, 1.165) is 48.3 Å². The van der Waals surface area contributed by atoms with Crippen molar-refractivity contribution < 1.29 is 8.85 Å². The number of hydrogen-bond acceptors (Lipinski definition) is 2. The number of fused-ring (bicyclic) bond motifs is 4. The molecule has 5 heteroatoms. The summed E-state index contributed by atoms with van der Waals surface area (Å²) in [5, 5.41) is -0.0697. The van der Waals surface area contributed by atoms with Gasteiger partial charge in [0.2, 0.25) is 8.32 Å². The molecule has 36 heavy (non-hydrogen) atoms. The first kappa shape index (κ1) is 29.0. The van der Waals surface area contributed by atoms with Crippen LogP contribution in [0.4, 0.5) is 0 Å². The second kappa shape index (κ2) is 10.9. The topological polar surface area (TPSA) is 18.5 Å². The van der Waals surface area contributed by atoms with Crippen LogP contribution in [0, 0.1) is 35.5 Å². The first-order chi connectivity index (χ1) is 16.8. The van der Waals surface area contributed by atoms with E-state index in [0.29, 0.717) is 0 Å². The first-order valence-corrected chi connectivity index (χ1v) is 24.1. The molecule has 0 saturated heterocycles. The largest absolute Gasteiger partial charge is 0.415 e. The molecule has 0 spiro atoms. The van der Waals surface area contributed by atoms with Crippen molar-refractivity contribution in [2.45, 2.75) is 134 Å². The van der Waals surface area contributed by atoms with Crippen molar-refractivity contribution in [1.29, 1.82) is 0 Å². The van der Waals surface area contributed by atoms with Crippen LogP contribution >= 0.6 is 0 Å². The van der Waals surface area contributed by atoms with Crippen molar-refractivity contribution in [3.63, 3.8) is 0 Å². The van der Waals surface area contributed by atoms with E-state index in [4.69, 9.17) is 8.85 Å². The molecule has 9 atom stereocenters. The lowest BCUT2D eigenvalue weighted by atomic mass is 9.91. The standard InChI is InChI=1S/C31H58O2Si3/c1-10-30(3,32-34(5)18-16-28-22-24-12-14-26(28)20-24)36(8,9)33-31(4,11-2)35(6,7)19-17-29-23-25-13-15-27(29)21-25/h12-15,24-29,34H,10-11,16-23H2,1-9H3. The van der Waals surface area contributed by atoms with E-state index >= 15 is 0 Å². The second-order valence-corrected chi connectivity index (χ2v) is 26.8. The average Bonchev–Trinajstić information content (AvgIpc) is 3.63. The summed E-state index contributed by atoms with van der Waals surface area (Å²) in [5.41, 5.74) is 0. The van der Waals surface area contributed by atoms with Gasteiger partial charge in [0.25, 0.3) is 0 Å². The van der Waals surface area contributed by atoms with Gasteiger partial charge in [-0.2, -0.15) is 0 Å². The lowest BCUT2D eigenvalue weighted by Crippen LogP contribution is -2.66. The van der Waals surface area contributed by atoms with Gasteiger partial charge in [0.1, 0.15) is 0 Å². The molecule has 9 unspecified atom stereocenters. The molecule has 0 radical (unpaired) electrons. The Labute approximate surface area is 227 Å². The van der Waals surface area contributed by atoms with Crippen LogP contribution in [0.3, 0.4) is 0 Å². The maximum atomic E-state index is 7.47. The predicted molar refractivity (Wildman–Crippen MR) is 164 cm³/mol. The lowest BCUT2D eigenvalue weighted by Gasteiger charge is -2.52. The molecule has 4 aliphatic rings. The Hall–Kier alpha value is 0.0506. The zero-order valence-corrected chi connectivity index (χ0v) is 28.4. The van der Waals surface area contributed by atoms with Gasteiger partial charge in [0, 0.05) is 5.22 Å². The summed E-state index contributed by atoms with van der Waals surface area (Å²) in [6.45, 7) is 22.3. The van der Waals surface area contributed by atoms with E-state index in [2.05, 4.69) is 84.7 Å². The molecule has 0 heterocycles. The molecule has 4 aliphatic carbocycles. The highest BCUT2D eigenvalue weighted by Crippen LogP contribution is 2.48. The minimum absolute atomic E-state index is 0.0240. The van der Waals surface area contributed by atoms with Crippen LogP contribution in [-0.4, -0.2) is 35.9 Å². The highest BCUT2D eigenvalue weighted by Gasteiger charge is 2.53. The van der Waals surface area contributed by atoms with Gasteiger partial charge in [-0.25, -0.2) is 0 Å². The Morgan fingerprint density at radius 2 is 1.31 bits per heavy atom. The quantitative estimate of drug-likeness (QED) is 0.160. The van der Waals surface area contributed by atoms with E-state index in [1.807, 2.05) is 0 Å². The van der Waals surface area contributed by atoms with Gasteiger partial charge in [-0.05, 0) is 114 Å². The molecule has 206 valence electrons. The monoisotopic (exact) mass is 546 g/mol. The summed E-state index contributed by atoms with van der Waals surface area (Å²) in [7, 11) is -4.95. The summed E-state index contributed by atoms with van der Waals surface area (Å²) in [6, 6.07) is 2.72. The van der Waals surface area contributed by atoms with Gasteiger partial charge in [-0.3, -0.25) is 0 Å². The SMILES string of the molecule is CCC(C)(O[Si](C)(C)C(C)(CC)O[SiH](C)CCC1CC2C=CC1C2)[Si](C)(C)CCC1CC2C=CC1C2. The zero-order chi connectivity index (χ0) is 26.4. The molecular formula is C31H58O2Si3. The Balaban J connectivity index is 1.35. The van der Waals surface area contributed by atoms with Gasteiger partial charge in [0.05, 0.1) is 13.3 Å². The van der Waals surface area contributed by atoms with Crippen LogP contribution in [-0.2, 0) is 8.85 Å². The van der Waals surface area contributed by atoms with E-state index in [-0.39, 0.29) is 10.4 Å². The van der Waals surface area contributed by atoms with Gasteiger partial charge >= 0.3 is 0 Å². The van der Waals surface area contributed by atoms with Crippen LogP contribution in [0.1, 0.15) is 79.1 Å². The fraction of sp³-hybridized carbons (Fsp3) is 0.871. The third-order valence-electron chi connectivity index (χ3n) is 11.9. The third kappa shape index (κ3) is 5.80. The average molecular weight is 547 g/mol. The van der Waals surface area contributed by atoms with Crippen molar-refractivity contribution >= 4 is 25.4 Å². The van der Waals surface area contributed by atoms with Crippen molar-refractivity contribution in [2.75, 3.05) is 0 Å². The fourth-order valence-corrected chi connectivity index (χ4v) is 18.8. The fourth-order valence-electron chi connectivity index (χ4n) is 8.23. The maximum Gasteiger partial charge on any atom is 0.216 e. The van der Waals surface area contributed by atoms with E-state index in [9.17, 15) is 0 Å². The number of rotatable bonds is 14. The summed E-state index contributed by atoms with van der Waals surface area (Å²) in [5.74, 6) is 5.37. The number of hydrogen-bond donors (Lipinski definition) is 0. The van der Waals surface area contributed by atoms with Crippen molar-refractivity contribution in [1.82, 2.24) is 0 Å². The predicted octanol–water partition coefficient (Wildman–Crippen LogP) is 8.91. The van der Waals surface area contributed by atoms with Crippen molar-refractivity contribution in [3.8, 4) is 0 Å². The molecule has 2 saturated carbocycles. The molecule has 0 N–H and O–H groups in total. The van der Waals surface area contributed by atoms with Gasteiger partial charge in [0.15, 0.2) is 9.04 Å². The van der Waals surface area contributed by atoms with E-state index in [1.54, 1.807) is 0 Å². The Morgan fingerprint density at radius 3 is 1.75 bits per heavy atom. The molecule has 2 fully saturated rings. The van der Waals surface area contributed by atoms with Crippen LogP contribution < -0.4 is 0 Å². The highest BCUT2D eigenvalue weighted by molar-refractivity contribution is 6.82. The van der Waals surface area contributed by atoms with Crippen molar-refractivity contribution in [2.24, 2.45) is 35.5 Å². The normalized spacial score (nSPS) is 35.4. The molecule has 0 aromatic carbocycles. The molecule has 2 nitrogen and oxygen atoms in total. The van der Waals surface area contributed by atoms with Gasteiger partial charge in [-0.15, -0.1) is 0 Å². The first-order valence-electron chi connectivity index (χ1n) is 15.6. The van der Waals surface area contributed by atoms with E-state index < -0.39 is 25.4 Å². The zero-order valence-electron chi connectivity index (χ0n) is 25.2. The van der Waals surface area contributed by atoms with Gasteiger partial charge < -0.3 is 8.85 Å². The highest BCUT2D eigenvalue weighted by atomic mass is 28.4. The smallest absolute Gasteiger partial charge is 0.216 e. The molecule has 0 aliphatic heterocycles. The summed E-state index contributed by atoms with van der Waals surface area (Å²) < 4.78 is 14.6. The van der Waals surface area contributed by atoms with Crippen LogP contribution in [0.25, 0.3) is 0 Å². The van der Waals surface area contributed by atoms with Crippen LogP contribution in [0.5, 0.6) is 0 Å². The van der Waals surface area contributed by atoms with Crippen LogP contribution in [0.15, 0.2) is 24.3 Å². The third-order valence-corrected chi connectivity index (χ3v) is 23.3. The summed E-state index contributed by atoms with van der Waals surface area (Å²) >= 11 is 0. The van der Waals surface area contributed by atoms with Crippen molar-refractivity contribution in [3.05, 3.63) is 24.3 Å². The molecule has 0 aromatic rings. The lowest BCUT2D eigenvalue weighted by molar-refractivity contribution is 0.0790. The summed E-state index contributed by atoms with van der Waals surface area (Å²) in [6.07, 6.45) is 20.7. The minimum Gasteiger partial charge on any atom is -0.415 e. The van der Waals surface area contributed by atoms with Gasteiger partial charge in [-0.1, -0.05) is 70.1 Å². The minimum atomic E-state index is -2.11. The maximum absolute atomic E-state index is 7.47. The Kier molecular flexibility index (Phi) is 8.80. The summed E-state index contributed by atoms with van der Waals surface area (Å²) in [4.78, 5) is 0. The molecule has 4 rings (SSSR count). The second-order valence-electron chi connectivity index (χ2n) is 14.8. The van der Waals surface area contributed by atoms with Crippen LogP contribution in [0.2, 0.25) is 44.8 Å². The molecule has 0 amide bonds. The Morgan fingerprint density at radius 1 is 0.778 bits per heavy atom. The molecular weight excluding hydrogens is 489 g/mol. The molecule has 4 bridgehead atoms. The van der Waals surface area contributed by atoms with E-state index in [1.165, 1.54) is 50.6 Å². The molecule has 0 aromatic heterocycles. The Bertz CT molecular complexity index is 823. The number of allylic oxidation sites excluding steroid dienone is 4.